The van der Waals surface area contributed by atoms with Crippen LogP contribution >= 0.6 is 11.3 Å². The molecule has 0 saturated carbocycles. The SMILES string of the molecule is O=S(=O)(Nc1ccc(NCc2ccncc2)nc1)c1cccs1. The van der Waals surface area contributed by atoms with Crippen LogP contribution in [0.25, 0.3) is 0 Å². The quantitative estimate of drug-likeness (QED) is 0.717. The second kappa shape index (κ2) is 6.76. The highest BCUT2D eigenvalue weighted by Gasteiger charge is 2.15. The van der Waals surface area contributed by atoms with Gasteiger partial charge >= 0.3 is 0 Å². The zero-order valence-corrected chi connectivity index (χ0v) is 13.6. The summed E-state index contributed by atoms with van der Waals surface area (Å²) in [5.41, 5.74) is 1.51. The number of nitrogens with zero attached hydrogens (tertiary/aromatic N) is 2. The number of anilines is 2. The maximum Gasteiger partial charge on any atom is 0.271 e. The van der Waals surface area contributed by atoms with Gasteiger partial charge < -0.3 is 5.32 Å². The molecule has 0 bridgehead atoms. The van der Waals surface area contributed by atoms with Crippen LogP contribution in [0.2, 0.25) is 0 Å². The van der Waals surface area contributed by atoms with Crippen LogP contribution in [0.5, 0.6) is 0 Å². The van der Waals surface area contributed by atoms with Crippen LogP contribution in [0.4, 0.5) is 11.5 Å². The van der Waals surface area contributed by atoms with E-state index in [-0.39, 0.29) is 4.21 Å². The topological polar surface area (TPSA) is 84.0 Å². The Morgan fingerprint density at radius 1 is 1.09 bits per heavy atom. The van der Waals surface area contributed by atoms with E-state index in [1.54, 1.807) is 42.0 Å². The summed E-state index contributed by atoms with van der Waals surface area (Å²) in [5.74, 6) is 0.667. The highest BCUT2D eigenvalue weighted by atomic mass is 32.2. The molecule has 3 aromatic heterocycles. The van der Waals surface area contributed by atoms with Crippen LogP contribution in [-0.2, 0) is 16.6 Å². The number of aromatic nitrogens is 2. The second-order valence-corrected chi connectivity index (χ2v) is 7.54. The van der Waals surface area contributed by atoms with E-state index in [9.17, 15) is 8.42 Å². The molecular formula is C15H14N4O2S2. The average molecular weight is 346 g/mol. The zero-order valence-electron chi connectivity index (χ0n) is 12.0. The first-order chi connectivity index (χ1) is 11.1. The van der Waals surface area contributed by atoms with E-state index < -0.39 is 10.0 Å². The lowest BCUT2D eigenvalue weighted by atomic mass is 10.3. The maximum atomic E-state index is 12.1. The predicted molar refractivity (Wildman–Crippen MR) is 90.9 cm³/mol. The van der Waals surface area contributed by atoms with Gasteiger partial charge in [-0.25, -0.2) is 13.4 Å². The molecule has 2 N–H and O–H groups in total. The normalized spacial score (nSPS) is 11.1. The largest absolute Gasteiger partial charge is 0.366 e. The van der Waals surface area contributed by atoms with E-state index >= 15 is 0 Å². The Balaban J connectivity index is 1.63. The minimum absolute atomic E-state index is 0.275. The molecule has 6 nitrogen and oxygen atoms in total. The molecular weight excluding hydrogens is 332 g/mol. The highest BCUT2D eigenvalue weighted by Crippen LogP contribution is 2.20. The number of sulfonamides is 1. The minimum atomic E-state index is -3.54. The smallest absolute Gasteiger partial charge is 0.271 e. The van der Waals surface area contributed by atoms with Crippen molar-refractivity contribution in [3.8, 4) is 0 Å². The molecule has 0 aliphatic carbocycles. The van der Waals surface area contributed by atoms with Gasteiger partial charge in [0.25, 0.3) is 10.0 Å². The summed E-state index contributed by atoms with van der Waals surface area (Å²) >= 11 is 1.17. The van der Waals surface area contributed by atoms with Crippen molar-refractivity contribution in [2.75, 3.05) is 10.0 Å². The standard InChI is InChI=1S/C15H14N4O2S2/c20-23(21,15-2-1-9-22-15)19-13-3-4-14(18-11-13)17-10-12-5-7-16-8-6-12/h1-9,11,19H,10H2,(H,17,18). The third-order valence-electron chi connectivity index (χ3n) is 3.00. The van der Waals surface area contributed by atoms with E-state index in [1.807, 2.05) is 12.1 Å². The summed E-state index contributed by atoms with van der Waals surface area (Å²) in [5, 5.41) is 4.89. The number of pyridine rings is 2. The van der Waals surface area contributed by atoms with Crippen LogP contribution < -0.4 is 10.0 Å². The van der Waals surface area contributed by atoms with Gasteiger partial charge in [-0.3, -0.25) is 9.71 Å². The van der Waals surface area contributed by atoms with Gasteiger partial charge in [-0.15, -0.1) is 11.3 Å². The van der Waals surface area contributed by atoms with Crippen LogP contribution in [0, 0.1) is 0 Å². The van der Waals surface area contributed by atoms with E-state index in [1.165, 1.54) is 17.5 Å². The lowest BCUT2D eigenvalue weighted by molar-refractivity contribution is 0.603. The van der Waals surface area contributed by atoms with Gasteiger partial charge in [0.1, 0.15) is 10.0 Å². The lowest BCUT2D eigenvalue weighted by Gasteiger charge is -2.08. The monoisotopic (exact) mass is 346 g/mol. The summed E-state index contributed by atoms with van der Waals surface area (Å²) in [6, 6.07) is 10.5. The summed E-state index contributed by atoms with van der Waals surface area (Å²) in [7, 11) is -3.54. The molecule has 0 radical (unpaired) electrons. The molecule has 23 heavy (non-hydrogen) atoms. The molecule has 0 saturated heterocycles. The molecule has 0 atom stereocenters. The molecule has 3 aromatic rings. The van der Waals surface area contributed by atoms with Crippen molar-refractivity contribution < 1.29 is 8.42 Å². The van der Waals surface area contributed by atoms with Crippen molar-refractivity contribution in [2.45, 2.75) is 10.8 Å². The number of rotatable bonds is 6. The van der Waals surface area contributed by atoms with Crippen LogP contribution in [0.15, 0.2) is 64.6 Å². The molecule has 0 aliphatic heterocycles. The summed E-state index contributed by atoms with van der Waals surface area (Å²) in [6.07, 6.45) is 4.94. The Labute approximate surface area is 138 Å². The van der Waals surface area contributed by atoms with Gasteiger partial charge in [0.05, 0.1) is 11.9 Å². The average Bonchev–Trinajstić information content (AvgIpc) is 3.10. The minimum Gasteiger partial charge on any atom is -0.366 e. The van der Waals surface area contributed by atoms with E-state index in [2.05, 4.69) is 20.0 Å². The molecule has 3 rings (SSSR count). The number of hydrogen-bond donors (Lipinski definition) is 2. The molecule has 0 aromatic carbocycles. The molecule has 0 fully saturated rings. The fourth-order valence-corrected chi connectivity index (χ4v) is 3.91. The third-order valence-corrected chi connectivity index (χ3v) is 5.78. The highest BCUT2D eigenvalue weighted by molar-refractivity contribution is 7.94. The van der Waals surface area contributed by atoms with Crippen molar-refractivity contribution in [3.05, 3.63) is 65.9 Å². The van der Waals surface area contributed by atoms with Gasteiger partial charge in [-0.2, -0.15) is 0 Å². The predicted octanol–water partition coefficient (Wildman–Crippen LogP) is 2.95. The Kier molecular flexibility index (Phi) is 4.54. The molecule has 3 heterocycles. The summed E-state index contributed by atoms with van der Waals surface area (Å²) in [6.45, 7) is 0.621. The fraction of sp³-hybridized carbons (Fsp3) is 0.0667. The fourth-order valence-electron chi connectivity index (χ4n) is 1.87. The first kappa shape index (κ1) is 15.4. The van der Waals surface area contributed by atoms with E-state index in [0.29, 0.717) is 18.1 Å². The van der Waals surface area contributed by atoms with Gasteiger partial charge in [-0.1, -0.05) is 6.07 Å². The van der Waals surface area contributed by atoms with Crippen LogP contribution in [-0.4, -0.2) is 18.4 Å². The van der Waals surface area contributed by atoms with Crippen LogP contribution in [0.1, 0.15) is 5.56 Å². The molecule has 0 spiro atoms. The third kappa shape index (κ3) is 4.05. The second-order valence-electron chi connectivity index (χ2n) is 4.68. The van der Waals surface area contributed by atoms with Crippen molar-refractivity contribution in [2.24, 2.45) is 0 Å². The van der Waals surface area contributed by atoms with Gasteiger partial charge in [-0.05, 0) is 41.3 Å². The van der Waals surface area contributed by atoms with E-state index in [0.717, 1.165) is 5.56 Å². The molecule has 118 valence electrons. The lowest BCUT2D eigenvalue weighted by Crippen LogP contribution is -2.11. The van der Waals surface area contributed by atoms with Gasteiger partial charge in [0.2, 0.25) is 0 Å². The number of nitrogens with one attached hydrogen (secondary N) is 2. The molecule has 0 unspecified atom stereocenters. The summed E-state index contributed by atoms with van der Waals surface area (Å²) < 4.78 is 27.0. The van der Waals surface area contributed by atoms with Crippen molar-refractivity contribution >= 4 is 32.9 Å². The Morgan fingerprint density at radius 3 is 2.57 bits per heavy atom. The Hall–Kier alpha value is -2.45. The van der Waals surface area contributed by atoms with Gasteiger partial charge in [0, 0.05) is 18.9 Å². The number of hydrogen-bond acceptors (Lipinski definition) is 6. The summed E-state index contributed by atoms with van der Waals surface area (Å²) in [4.78, 5) is 8.17. The first-order valence-corrected chi connectivity index (χ1v) is 9.15. The zero-order chi connectivity index (χ0) is 16.1. The Bertz CT molecular complexity index is 848. The van der Waals surface area contributed by atoms with Crippen molar-refractivity contribution in [1.82, 2.24) is 9.97 Å². The van der Waals surface area contributed by atoms with Crippen molar-refractivity contribution in [3.63, 3.8) is 0 Å². The van der Waals surface area contributed by atoms with E-state index in [4.69, 9.17) is 0 Å². The van der Waals surface area contributed by atoms with Gasteiger partial charge in [0.15, 0.2) is 0 Å². The van der Waals surface area contributed by atoms with Crippen LogP contribution in [0.3, 0.4) is 0 Å². The van der Waals surface area contributed by atoms with Crippen molar-refractivity contribution in [1.29, 1.82) is 0 Å². The molecule has 0 amide bonds. The number of thiophene rings is 1. The maximum absolute atomic E-state index is 12.1. The molecule has 0 aliphatic rings. The first-order valence-electron chi connectivity index (χ1n) is 6.79. The Morgan fingerprint density at radius 2 is 1.91 bits per heavy atom. The molecule has 8 heteroatoms.